The summed E-state index contributed by atoms with van der Waals surface area (Å²) in [6, 6.07) is 6.96. The van der Waals surface area contributed by atoms with Crippen LogP contribution in [0, 0.1) is 51.3 Å². The van der Waals surface area contributed by atoms with Crippen LogP contribution in [0.25, 0.3) is 0 Å². The Morgan fingerprint density at radius 2 is 2.06 bits per heavy atom. The molecule has 1 N–H and O–H groups in total. The summed E-state index contributed by atoms with van der Waals surface area (Å²) in [7, 11) is 0. The molecule has 5 rings (SSSR count). The molecule has 0 aliphatic heterocycles. The van der Waals surface area contributed by atoms with E-state index in [4.69, 9.17) is 0 Å². The number of aliphatic hydroxyl groups is 1. The van der Waals surface area contributed by atoms with E-state index in [9.17, 15) is 24.4 Å². The highest BCUT2D eigenvalue weighted by Crippen LogP contribution is 2.66. The topological polar surface area (TPSA) is 71.0 Å². The zero-order valence-electron chi connectivity index (χ0n) is 18.4. The molecule has 0 saturated heterocycles. The highest BCUT2D eigenvalue weighted by molar-refractivity contribution is 5.44. The second kappa shape index (κ2) is 7.25. The number of fused-ring (bicyclic) bond motifs is 5. The van der Waals surface area contributed by atoms with Crippen LogP contribution >= 0.6 is 0 Å². The van der Waals surface area contributed by atoms with Gasteiger partial charge in [0, 0.05) is 23.5 Å². The fourth-order valence-electron chi connectivity index (χ4n) is 7.59. The summed E-state index contributed by atoms with van der Waals surface area (Å²) in [4.78, 5) is 0. The van der Waals surface area contributed by atoms with Crippen LogP contribution in [-0.2, 0) is 12.8 Å². The lowest BCUT2D eigenvalue weighted by atomic mass is 9.50. The standard InChI is InChI=1S/C26H28F2N2O2/c1-15-11-25(2)21(7-9-26(25,31)12-16-8-10-30(32)14-22(16)27)20-6-5-19-18(23(15)20)4-3-17(13-29)24(19)28/h3-4,8,10,14-15,20-21,23,31H,5-7,9,11-12H2,1-2H3/t15-,20?,21?,23?,25-,26+/m0/s1. The second-order valence-corrected chi connectivity index (χ2v) is 10.5. The van der Waals surface area contributed by atoms with E-state index in [2.05, 4.69) is 13.8 Å². The van der Waals surface area contributed by atoms with Crippen LogP contribution in [0.2, 0.25) is 0 Å². The molecule has 3 unspecified atom stereocenters. The van der Waals surface area contributed by atoms with Gasteiger partial charge in [0.25, 0.3) is 0 Å². The minimum absolute atomic E-state index is 0.107. The first-order valence-electron chi connectivity index (χ1n) is 11.5. The third-order valence-corrected chi connectivity index (χ3v) is 9.03. The number of aromatic nitrogens is 1. The molecule has 0 amide bonds. The molecular weight excluding hydrogens is 410 g/mol. The van der Waals surface area contributed by atoms with Crippen molar-refractivity contribution in [2.45, 2.75) is 63.9 Å². The van der Waals surface area contributed by atoms with Crippen molar-refractivity contribution in [1.29, 1.82) is 5.26 Å². The Kier molecular flexibility index (Phi) is 4.83. The van der Waals surface area contributed by atoms with Gasteiger partial charge in [0.1, 0.15) is 11.9 Å². The minimum Gasteiger partial charge on any atom is -0.619 e. The zero-order chi connectivity index (χ0) is 22.8. The molecule has 2 fully saturated rings. The molecule has 1 aromatic heterocycles. The number of nitrogens with zero attached hydrogens (tertiary/aromatic N) is 2. The summed E-state index contributed by atoms with van der Waals surface area (Å²) < 4.78 is 29.8. The van der Waals surface area contributed by atoms with Gasteiger partial charge in [-0.3, -0.25) is 0 Å². The Labute approximate surface area is 187 Å². The summed E-state index contributed by atoms with van der Waals surface area (Å²) >= 11 is 0. The number of nitriles is 1. The van der Waals surface area contributed by atoms with E-state index >= 15 is 0 Å². The number of pyridine rings is 1. The van der Waals surface area contributed by atoms with Crippen LogP contribution in [0.3, 0.4) is 0 Å². The van der Waals surface area contributed by atoms with Gasteiger partial charge in [0.05, 0.1) is 11.2 Å². The number of hydrogen-bond acceptors (Lipinski definition) is 3. The molecular formula is C26H28F2N2O2. The average Bonchev–Trinajstić information content (AvgIpc) is 3.00. The number of hydrogen-bond donors (Lipinski definition) is 1. The van der Waals surface area contributed by atoms with Gasteiger partial charge in [0.15, 0.2) is 12.0 Å². The Bertz CT molecular complexity index is 1130. The zero-order valence-corrected chi connectivity index (χ0v) is 18.4. The molecule has 2 saturated carbocycles. The molecule has 2 aromatic rings. The van der Waals surface area contributed by atoms with E-state index in [1.807, 2.05) is 12.1 Å². The van der Waals surface area contributed by atoms with Crippen LogP contribution in [0.15, 0.2) is 30.6 Å². The van der Waals surface area contributed by atoms with Crippen LogP contribution in [0.1, 0.15) is 67.7 Å². The Morgan fingerprint density at radius 3 is 2.78 bits per heavy atom. The summed E-state index contributed by atoms with van der Waals surface area (Å²) in [5.41, 5.74) is 0.754. The largest absolute Gasteiger partial charge is 0.619 e. The summed E-state index contributed by atoms with van der Waals surface area (Å²) in [6.45, 7) is 4.31. The lowest BCUT2D eigenvalue weighted by Gasteiger charge is -2.56. The van der Waals surface area contributed by atoms with Crippen molar-refractivity contribution in [3.63, 3.8) is 0 Å². The third-order valence-electron chi connectivity index (χ3n) is 9.03. The van der Waals surface area contributed by atoms with Crippen molar-refractivity contribution in [2.75, 3.05) is 0 Å². The van der Waals surface area contributed by atoms with Gasteiger partial charge in [-0.25, -0.2) is 8.78 Å². The van der Waals surface area contributed by atoms with E-state index in [-0.39, 0.29) is 41.0 Å². The van der Waals surface area contributed by atoms with Gasteiger partial charge in [-0.1, -0.05) is 19.9 Å². The highest BCUT2D eigenvalue weighted by Gasteiger charge is 2.63. The van der Waals surface area contributed by atoms with Gasteiger partial charge in [-0.15, -0.1) is 0 Å². The Balaban J connectivity index is 1.50. The number of benzene rings is 1. The molecule has 6 heteroatoms. The molecule has 0 spiro atoms. The summed E-state index contributed by atoms with van der Waals surface area (Å²) in [5.74, 6) is 0.0527. The van der Waals surface area contributed by atoms with Gasteiger partial charge < -0.3 is 10.3 Å². The first-order chi connectivity index (χ1) is 15.2. The van der Waals surface area contributed by atoms with Crippen molar-refractivity contribution in [1.82, 2.24) is 0 Å². The number of rotatable bonds is 2. The molecule has 4 nitrogen and oxygen atoms in total. The predicted octanol–water partition coefficient (Wildman–Crippen LogP) is 4.55. The second-order valence-electron chi connectivity index (χ2n) is 10.5. The minimum atomic E-state index is -1.05. The Hall–Kier alpha value is -2.52. The smallest absolute Gasteiger partial charge is 0.216 e. The highest BCUT2D eigenvalue weighted by atomic mass is 19.1. The molecule has 0 radical (unpaired) electrons. The predicted molar refractivity (Wildman–Crippen MR) is 114 cm³/mol. The SMILES string of the molecule is C[C@H]1C[C@@]2(C)C(CC[C@@]2(O)Cc2cc[n+]([O-])cc2F)C2CCc3c(ccc(C#N)c3F)C21. The maximum absolute atomic E-state index is 14.9. The maximum atomic E-state index is 14.9. The van der Waals surface area contributed by atoms with E-state index in [0.717, 1.165) is 31.0 Å². The lowest BCUT2D eigenvalue weighted by Crippen LogP contribution is -2.54. The van der Waals surface area contributed by atoms with Crippen LogP contribution in [-0.4, -0.2) is 10.7 Å². The Morgan fingerprint density at radius 1 is 1.28 bits per heavy atom. The first-order valence-corrected chi connectivity index (χ1v) is 11.5. The maximum Gasteiger partial charge on any atom is 0.216 e. The first kappa shape index (κ1) is 21.3. The van der Waals surface area contributed by atoms with Crippen LogP contribution in [0.5, 0.6) is 0 Å². The molecule has 168 valence electrons. The number of halogens is 2. The van der Waals surface area contributed by atoms with Crippen LogP contribution in [0.4, 0.5) is 8.78 Å². The summed E-state index contributed by atoms with van der Waals surface area (Å²) in [6.07, 6.45) is 6.02. The van der Waals surface area contributed by atoms with E-state index in [1.165, 1.54) is 12.3 Å². The molecule has 0 bridgehead atoms. The fourth-order valence-corrected chi connectivity index (χ4v) is 7.59. The van der Waals surface area contributed by atoms with Crippen molar-refractivity contribution in [3.05, 3.63) is 69.7 Å². The monoisotopic (exact) mass is 438 g/mol. The average molecular weight is 439 g/mol. The molecule has 32 heavy (non-hydrogen) atoms. The van der Waals surface area contributed by atoms with Crippen LogP contribution < -0.4 is 4.73 Å². The third kappa shape index (κ3) is 2.90. The molecule has 3 aliphatic carbocycles. The molecule has 6 atom stereocenters. The van der Waals surface area contributed by atoms with Gasteiger partial charge >= 0.3 is 0 Å². The van der Waals surface area contributed by atoms with Gasteiger partial charge in [-0.2, -0.15) is 9.99 Å². The normalized spacial score (nSPS) is 35.5. The molecule has 3 aliphatic rings. The van der Waals surface area contributed by atoms with Crippen molar-refractivity contribution in [3.8, 4) is 6.07 Å². The van der Waals surface area contributed by atoms with Crippen molar-refractivity contribution >= 4 is 0 Å². The van der Waals surface area contributed by atoms with Gasteiger partial charge in [0.2, 0.25) is 6.20 Å². The fraction of sp³-hybridized carbons (Fsp3) is 0.538. The van der Waals surface area contributed by atoms with Crippen molar-refractivity contribution in [2.24, 2.45) is 23.2 Å². The van der Waals surface area contributed by atoms with E-state index < -0.39 is 11.4 Å². The molecule has 1 aromatic carbocycles. The summed E-state index contributed by atoms with van der Waals surface area (Å²) in [5, 5.41) is 32.5. The van der Waals surface area contributed by atoms with Gasteiger partial charge in [-0.05, 0) is 73.0 Å². The van der Waals surface area contributed by atoms with Crippen molar-refractivity contribution < 1.29 is 18.6 Å². The van der Waals surface area contributed by atoms with E-state index in [1.54, 1.807) is 6.07 Å². The quantitative estimate of drug-likeness (QED) is 0.553. The van der Waals surface area contributed by atoms with E-state index in [0.29, 0.717) is 34.6 Å². The molecule has 1 heterocycles. The lowest BCUT2D eigenvalue weighted by molar-refractivity contribution is -0.607.